The van der Waals surface area contributed by atoms with Crippen LogP contribution in [-0.4, -0.2) is 92.7 Å². The SMILES string of the molecule is CN1CCC(C2CCN(C(=O)[C@H](N)CN3CCOCC3)CC2)CC1. The van der Waals surface area contributed by atoms with Gasteiger partial charge in [0.15, 0.2) is 0 Å². The number of rotatable bonds is 4. The Bertz CT molecular complexity index is 398. The highest BCUT2D eigenvalue weighted by Gasteiger charge is 2.32. The molecule has 1 amide bonds. The molecule has 0 bridgehead atoms. The van der Waals surface area contributed by atoms with Crippen LogP contribution in [-0.2, 0) is 9.53 Å². The molecule has 138 valence electrons. The monoisotopic (exact) mass is 338 g/mol. The second-order valence-corrected chi connectivity index (χ2v) is 7.82. The first-order valence-electron chi connectivity index (χ1n) is 9.66. The maximum Gasteiger partial charge on any atom is 0.240 e. The van der Waals surface area contributed by atoms with E-state index in [-0.39, 0.29) is 11.9 Å². The molecule has 3 saturated heterocycles. The fraction of sp³-hybridized carbons (Fsp3) is 0.944. The Morgan fingerprint density at radius 1 is 1.00 bits per heavy atom. The van der Waals surface area contributed by atoms with E-state index in [0.717, 1.165) is 64.1 Å². The van der Waals surface area contributed by atoms with Crippen LogP contribution in [0.15, 0.2) is 0 Å². The average Bonchev–Trinajstić information content (AvgIpc) is 2.63. The number of ether oxygens (including phenoxy) is 1. The normalized spacial score (nSPS) is 27.3. The zero-order valence-corrected chi connectivity index (χ0v) is 15.2. The van der Waals surface area contributed by atoms with Gasteiger partial charge in [-0.25, -0.2) is 0 Å². The number of likely N-dealkylation sites (tertiary alicyclic amines) is 2. The van der Waals surface area contributed by atoms with Gasteiger partial charge in [0.25, 0.3) is 0 Å². The summed E-state index contributed by atoms with van der Waals surface area (Å²) in [6.45, 7) is 8.20. The minimum atomic E-state index is -0.386. The van der Waals surface area contributed by atoms with Crippen molar-refractivity contribution < 1.29 is 9.53 Å². The maximum atomic E-state index is 12.6. The quantitative estimate of drug-likeness (QED) is 0.795. The van der Waals surface area contributed by atoms with Gasteiger partial charge in [-0.05, 0) is 57.7 Å². The van der Waals surface area contributed by atoms with Gasteiger partial charge in [0, 0.05) is 32.7 Å². The molecule has 0 saturated carbocycles. The largest absolute Gasteiger partial charge is 0.379 e. The van der Waals surface area contributed by atoms with Gasteiger partial charge in [-0.2, -0.15) is 0 Å². The molecule has 0 spiro atoms. The number of carbonyl (C=O) groups excluding carboxylic acids is 1. The first-order valence-corrected chi connectivity index (χ1v) is 9.66. The molecule has 0 radical (unpaired) electrons. The number of carbonyl (C=O) groups is 1. The number of amides is 1. The van der Waals surface area contributed by atoms with Gasteiger partial charge in [-0.3, -0.25) is 9.69 Å². The molecule has 3 aliphatic rings. The molecular formula is C18H34N4O2. The Balaban J connectivity index is 1.41. The molecule has 0 aromatic heterocycles. The van der Waals surface area contributed by atoms with E-state index in [4.69, 9.17) is 10.5 Å². The predicted octanol–water partition coefficient (Wildman–Crippen LogP) is 0.226. The lowest BCUT2D eigenvalue weighted by molar-refractivity contribution is -0.135. The molecule has 6 heteroatoms. The van der Waals surface area contributed by atoms with E-state index in [9.17, 15) is 4.79 Å². The standard InChI is InChI=1S/C18H34N4O2/c1-20-6-2-15(3-7-20)16-4-8-22(9-5-16)18(23)17(19)14-21-10-12-24-13-11-21/h15-17H,2-14,19H2,1H3/t17-/m1/s1. The Labute approximate surface area is 146 Å². The molecule has 0 aliphatic carbocycles. The van der Waals surface area contributed by atoms with E-state index in [2.05, 4.69) is 16.8 Å². The minimum absolute atomic E-state index is 0.142. The van der Waals surface area contributed by atoms with Crippen LogP contribution in [0.3, 0.4) is 0 Å². The van der Waals surface area contributed by atoms with E-state index in [1.807, 2.05) is 4.90 Å². The molecule has 2 N–H and O–H groups in total. The molecule has 0 aromatic carbocycles. The lowest BCUT2D eigenvalue weighted by atomic mass is 9.79. The summed E-state index contributed by atoms with van der Waals surface area (Å²) in [6.07, 6.45) is 4.96. The molecule has 6 nitrogen and oxygen atoms in total. The molecule has 24 heavy (non-hydrogen) atoms. The van der Waals surface area contributed by atoms with Crippen LogP contribution in [0.4, 0.5) is 0 Å². The van der Waals surface area contributed by atoms with Crippen LogP contribution >= 0.6 is 0 Å². The van der Waals surface area contributed by atoms with E-state index in [1.165, 1.54) is 25.9 Å². The highest BCUT2D eigenvalue weighted by Crippen LogP contribution is 2.32. The molecule has 3 rings (SSSR count). The molecule has 0 unspecified atom stereocenters. The van der Waals surface area contributed by atoms with E-state index < -0.39 is 0 Å². The third kappa shape index (κ3) is 4.69. The number of nitrogens with zero attached hydrogens (tertiary/aromatic N) is 3. The van der Waals surface area contributed by atoms with Crippen molar-refractivity contribution in [3.63, 3.8) is 0 Å². The summed E-state index contributed by atoms with van der Waals surface area (Å²) in [6, 6.07) is -0.386. The van der Waals surface area contributed by atoms with Crippen molar-refractivity contribution in [3.05, 3.63) is 0 Å². The topological polar surface area (TPSA) is 62.0 Å². The van der Waals surface area contributed by atoms with E-state index >= 15 is 0 Å². The van der Waals surface area contributed by atoms with Crippen LogP contribution in [0, 0.1) is 11.8 Å². The summed E-state index contributed by atoms with van der Waals surface area (Å²) >= 11 is 0. The molecular weight excluding hydrogens is 304 g/mol. The second kappa shape index (κ2) is 8.61. The first kappa shape index (κ1) is 18.1. The fourth-order valence-electron chi connectivity index (χ4n) is 4.47. The predicted molar refractivity (Wildman–Crippen MR) is 94.8 cm³/mol. The molecule has 3 heterocycles. The number of piperidine rings is 2. The molecule has 0 aromatic rings. The van der Waals surface area contributed by atoms with Crippen LogP contribution < -0.4 is 5.73 Å². The van der Waals surface area contributed by atoms with Gasteiger partial charge < -0.3 is 20.3 Å². The third-order valence-electron chi connectivity index (χ3n) is 6.16. The minimum Gasteiger partial charge on any atom is -0.379 e. The van der Waals surface area contributed by atoms with Crippen molar-refractivity contribution in [1.82, 2.24) is 14.7 Å². The van der Waals surface area contributed by atoms with Gasteiger partial charge in [0.2, 0.25) is 5.91 Å². The van der Waals surface area contributed by atoms with Crippen molar-refractivity contribution in [2.45, 2.75) is 31.7 Å². The molecule has 3 fully saturated rings. The Morgan fingerprint density at radius 2 is 1.54 bits per heavy atom. The average molecular weight is 338 g/mol. The summed E-state index contributed by atoms with van der Waals surface area (Å²) in [5, 5.41) is 0. The zero-order chi connectivity index (χ0) is 16.9. The maximum absolute atomic E-state index is 12.6. The van der Waals surface area contributed by atoms with Gasteiger partial charge in [-0.1, -0.05) is 0 Å². The van der Waals surface area contributed by atoms with Crippen molar-refractivity contribution >= 4 is 5.91 Å². The second-order valence-electron chi connectivity index (χ2n) is 7.82. The summed E-state index contributed by atoms with van der Waals surface area (Å²) in [5.41, 5.74) is 6.19. The van der Waals surface area contributed by atoms with Crippen LogP contribution in [0.1, 0.15) is 25.7 Å². The summed E-state index contributed by atoms with van der Waals surface area (Å²) in [7, 11) is 2.22. The van der Waals surface area contributed by atoms with E-state index in [0.29, 0.717) is 6.54 Å². The lowest BCUT2D eigenvalue weighted by Gasteiger charge is -2.40. The highest BCUT2D eigenvalue weighted by molar-refractivity contribution is 5.82. The van der Waals surface area contributed by atoms with Crippen molar-refractivity contribution in [1.29, 1.82) is 0 Å². The van der Waals surface area contributed by atoms with Crippen molar-refractivity contribution in [2.75, 3.05) is 66.1 Å². The Hall–Kier alpha value is -0.690. The van der Waals surface area contributed by atoms with Crippen molar-refractivity contribution in [3.8, 4) is 0 Å². The smallest absolute Gasteiger partial charge is 0.240 e. The molecule has 3 aliphatic heterocycles. The Kier molecular flexibility index (Phi) is 6.49. The van der Waals surface area contributed by atoms with Crippen LogP contribution in [0.5, 0.6) is 0 Å². The van der Waals surface area contributed by atoms with Gasteiger partial charge in [0.05, 0.1) is 19.3 Å². The lowest BCUT2D eigenvalue weighted by Crippen LogP contribution is -2.53. The van der Waals surface area contributed by atoms with Gasteiger partial charge >= 0.3 is 0 Å². The van der Waals surface area contributed by atoms with Gasteiger partial charge in [0.1, 0.15) is 0 Å². The fourth-order valence-corrected chi connectivity index (χ4v) is 4.47. The Morgan fingerprint density at radius 3 is 2.12 bits per heavy atom. The summed E-state index contributed by atoms with van der Waals surface area (Å²) in [5.74, 6) is 1.81. The zero-order valence-electron chi connectivity index (χ0n) is 15.2. The number of hydrogen-bond donors (Lipinski definition) is 1. The van der Waals surface area contributed by atoms with Crippen molar-refractivity contribution in [2.24, 2.45) is 17.6 Å². The van der Waals surface area contributed by atoms with E-state index in [1.54, 1.807) is 0 Å². The number of hydrogen-bond acceptors (Lipinski definition) is 5. The number of nitrogens with two attached hydrogens (primary N) is 1. The molecule has 1 atom stereocenters. The summed E-state index contributed by atoms with van der Waals surface area (Å²) < 4.78 is 5.35. The van der Waals surface area contributed by atoms with Crippen LogP contribution in [0.2, 0.25) is 0 Å². The summed E-state index contributed by atoms with van der Waals surface area (Å²) in [4.78, 5) is 19.3. The van der Waals surface area contributed by atoms with Crippen LogP contribution in [0.25, 0.3) is 0 Å². The highest BCUT2D eigenvalue weighted by atomic mass is 16.5. The third-order valence-corrected chi connectivity index (χ3v) is 6.16. The number of morpholine rings is 1. The van der Waals surface area contributed by atoms with Gasteiger partial charge in [-0.15, -0.1) is 0 Å². The first-order chi connectivity index (χ1) is 11.6.